The Morgan fingerprint density at radius 3 is 2.88 bits per heavy atom. The van der Waals surface area contributed by atoms with Gasteiger partial charge in [-0.05, 0) is 75.8 Å². The molecule has 1 aliphatic heterocycles. The number of oxazole rings is 1. The van der Waals surface area contributed by atoms with E-state index in [0.717, 1.165) is 68.8 Å². The smallest absolute Gasteiger partial charge is 0.226 e. The molecule has 2 atom stereocenters. The first-order valence-corrected chi connectivity index (χ1v) is 12.2. The monoisotopic (exact) mass is 443 g/mol. The Balaban J connectivity index is 1.23. The Morgan fingerprint density at radius 1 is 1.12 bits per heavy atom. The van der Waals surface area contributed by atoms with Crippen molar-refractivity contribution in [2.75, 3.05) is 13.1 Å². The van der Waals surface area contributed by atoms with Crippen molar-refractivity contribution in [3.8, 4) is 11.5 Å². The second kappa shape index (κ2) is 9.52. The molecule has 1 fully saturated rings. The highest BCUT2D eigenvalue weighted by molar-refractivity contribution is 5.79. The first-order valence-electron chi connectivity index (χ1n) is 12.2. The van der Waals surface area contributed by atoms with Gasteiger partial charge in [-0.2, -0.15) is 0 Å². The summed E-state index contributed by atoms with van der Waals surface area (Å²) >= 11 is 0. The Hall–Kier alpha value is -2.92. The normalized spacial score (nSPS) is 20.9. The molecule has 5 heteroatoms. The van der Waals surface area contributed by atoms with Gasteiger partial charge >= 0.3 is 0 Å². The van der Waals surface area contributed by atoms with Crippen molar-refractivity contribution in [1.29, 1.82) is 0 Å². The van der Waals surface area contributed by atoms with Crippen LogP contribution in [0.25, 0.3) is 11.5 Å². The van der Waals surface area contributed by atoms with Crippen LogP contribution in [-0.2, 0) is 17.8 Å². The molecular weight excluding hydrogens is 410 g/mol. The van der Waals surface area contributed by atoms with Gasteiger partial charge in [-0.15, -0.1) is 0 Å². The number of aryl methyl sites for hydroxylation is 3. The molecule has 1 N–H and O–H groups in total. The number of fused-ring (bicyclic) bond motifs is 1. The molecule has 33 heavy (non-hydrogen) atoms. The minimum absolute atomic E-state index is 0.0243. The van der Waals surface area contributed by atoms with Crippen LogP contribution in [0, 0.1) is 19.8 Å². The molecule has 1 aliphatic carbocycles. The summed E-state index contributed by atoms with van der Waals surface area (Å²) in [5, 5.41) is 3.37. The van der Waals surface area contributed by atoms with Crippen LogP contribution in [0.2, 0.25) is 0 Å². The summed E-state index contributed by atoms with van der Waals surface area (Å²) in [6.07, 6.45) is 5.25. The van der Waals surface area contributed by atoms with Crippen molar-refractivity contribution < 1.29 is 9.21 Å². The van der Waals surface area contributed by atoms with Gasteiger partial charge in [0.25, 0.3) is 0 Å². The highest BCUT2D eigenvalue weighted by Crippen LogP contribution is 2.30. The zero-order chi connectivity index (χ0) is 22.8. The topological polar surface area (TPSA) is 58.4 Å². The van der Waals surface area contributed by atoms with Gasteiger partial charge in [0.15, 0.2) is 0 Å². The molecule has 0 saturated carbocycles. The van der Waals surface area contributed by atoms with Gasteiger partial charge in [-0.25, -0.2) is 4.98 Å². The maximum absolute atomic E-state index is 13.2. The first kappa shape index (κ1) is 21.9. The number of likely N-dealkylation sites (tertiary alicyclic amines) is 1. The predicted molar refractivity (Wildman–Crippen MR) is 130 cm³/mol. The molecule has 3 aromatic rings. The molecule has 2 aromatic carbocycles. The van der Waals surface area contributed by atoms with Gasteiger partial charge in [0.05, 0.1) is 17.7 Å². The fourth-order valence-electron chi connectivity index (χ4n) is 5.29. The molecule has 1 aromatic heterocycles. The number of rotatable bonds is 5. The number of piperidine rings is 1. The van der Waals surface area contributed by atoms with Crippen LogP contribution in [0.3, 0.4) is 0 Å². The third-order valence-electron chi connectivity index (χ3n) is 7.09. The molecule has 0 unspecified atom stereocenters. The maximum atomic E-state index is 13.2. The average molecular weight is 444 g/mol. The quantitative estimate of drug-likeness (QED) is 0.576. The van der Waals surface area contributed by atoms with E-state index in [4.69, 9.17) is 9.40 Å². The summed E-state index contributed by atoms with van der Waals surface area (Å²) in [6, 6.07) is 16.9. The lowest BCUT2D eigenvalue weighted by Crippen LogP contribution is -2.44. The third-order valence-corrected chi connectivity index (χ3v) is 7.09. The fourth-order valence-corrected chi connectivity index (χ4v) is 5.29. The van der Waals surface area contributed by atoms with Crippen molar-refractivity contribution in [2.24, 2.45) is 5.92 Å². The van der Waals surface area contributed by atoms with Crippen LogP contribution in [0.4, 0.5) is 0 Å². The summed E-state index contributed by atoms with van der Waals surface area (Å²) < 4.78 is 5.99. The lowest BCUT2D eigenvalue weighted by Gasteiger charge is -2.33. The summed E-state index contributed by atoms with van der Waals surface area (Å²) in [7, 11) is 0. The van der Waals surface area contributed by atoms with Gasteiger partial charge in [-0.1, -0.05) is 42.0 Å². The standard InChI is InChI=1S/C28H33N3O2/c1-19-8-5-11-22(16-19)28-30-26(20(2)33-28)18-31-15-7-12-23(17-31)27(32)29-25-14-6-10-21-9-3-4-13-24(21)25/h3-5,8-9,11,13,16,23,25H,6-7,10,12,14-15,17-18H2,1-2H3,(H,29,32)/t23-,25+/m0/s1. The van der Waals surface area contributed by atoms with Gasteiger partial charge in [0, 0.05) is 18.7 Å². The van der Waals surface area contributed by atoms with Crippen LogP contribution in [-0.4, -0.2) is 28.9 Å². The van der Waals surface area contributed by atoms with Crippen molar-refractivity contribution in [2.45, 2.75) is 58.5 Å². The third kappa shape index (κ3) is 4.88. The molecular formula is C28H33N3O2. The van der Waals surface area contributed by atoms with Crippen LogP contribution < -0.4 is 5.32 Å². The Kier molecular flexibility index (Phi) is 6.32. The number of carbonyl (C=O) groups excluding carboxylic acids is 1. The second-order valence-electron chi connectivity index (χ2n) is 9.62. The van der Waals surface area contributed by atoms with Crippen molar-refractivity contribution in [1.82, 2.24) is 15.2 Å². The minimum Gasteiger partial charge on any atom is -0.441 e. The highest BCUT2D eigenvalue weighted by atomic mass is 16.4. The summed E-state index contributed by atoms with van der Waals surface area (Å²) in [5.74, 6) is 1.75. The number of hydrogen-bond acceptors (Lipinski definition) is 4. The Morgan fingerprint density at radius 2 is 2.00 bits per heavy atom. The number of hydrogen-bond donors (Lipinski definition) is 1. The van der Waals surface area contributed by atoms with E-state index in [1.807, 2.05) is 19.1 Å². The Labute approximate surface area is 196 Å². The summed E-state index contributed by atoms with van der Waals surface area (Å²) in [4.78, 5) is 20.3. The van der Waals surface area contributed by atoms with Crippen molar-refractivity contribution in [3.63, 3.8) is 0 Å². The van der Waals surface area contributed by atoms with Gasteiger partial charge in [0.1, 0.15) is 5.76 Å². The summed E-state index contributed by atoms with van der Waals surface area (Å²) in [5.41, 5.74) is 5.84. The van der Waals surface area contributed by atoms with E-state index in [1.165, 1.54) is 16.7 Å². The molecule has 5 rings (SSSR count). The molecule has 0 spiro atoms. The molecule has 0 bridgehead atoms. The highest BCUT2D eigenvalue weighted by Gasteiger charge is 2.29. The zero-order valence-electron chi connectivity index (χ0n) is 19.6. The van der Waals surface area contributed by atoms with Crippen LogP contribution in [0.15, 0.2) is 52.9 Å². The van der Waals surface area contributed by atoms with E-state index in [1.54, 1.807) is 0 Å². The lowest BCUT2D eigenvalue weighted by molar-refractivity contribution is -0.127. The molecule has 2 heterocycles. The van der Waals surface area contributed by atoms with E-state index < -0.39 is 0 Å². The first-order chi connectivity index (χ1) is 16.1. The molecule has 0 radical (unpaired) electrons. The number of nitrogens with one attached hydrogen (secondary N) is 1. The van der Waals surface area contributed by atoms with E-state index in [-0.39, 0.29) is 17.9 Å². The van der Waals surface area contributed by atoms with E-state index in [0.29, 0.717) is 5.89 Å². The SMILES string of the molecule is Cc1cccc(-c2nc(CN3CCC[C@H](C(=O)N[C@@H]4CCCc5ccccc54)C3)c(C)o2)c1. The van der Waals surface area contributed by atoms with Crippen LogP contribution >= 0.6 is 0 Å². The van der Waals surface area contributed by atoms with Crippen molar-refractivity contribution in [3.05, 3.63) is 76.7 Å². The lowest BCUT2D eigenvalue weighted by atomic mass is 9.87. The van der Waals surface area contributed by atoms with Gasteiger partial charge in [0.2, 0.25) is 11.8 Å². The minimum atomic E-state index is 0.0243. The van der Waals surface area contributed by atoms with E-state index >= 15 is 0 Å². The number of aromatic nitrogens is 1. The largest absolute Gasteiger partial charge is 0.441 e. The number of amides is 1. The zero-order valence-corrected chi connectivity index (χ0v) is 19.6. The molecule has 5 nitrogen and oxygen atoms in total. The molecule has 2 aliphatic rings. The van der Waals surface area contributed by atoms with Gasteiger partial charge in [-0.3, -0.25) is 9.69 Å². The summed E-state index contributed by atoms with van der Waals surface area (Å²) in [6.45, 7) is 6.53. The van der Waals surface area contributed by atoms with Crippen molar-refractivity contribution >= 4 is 5.91 Å². The predicted octanol–water partition coefficient (Wildman–Crippen LogP) is 5.36. The fraction of sp³-hybridized carbons (Fsp3) is 0.429. The van der Waals surface area contributed by atoms with E-state index in [2.05, 4.69) is 53.5 Å². The molecule has 1 amide bonds. The number of benzene rings is 2. The van der Waals surface area contributed by atoms with E-state index in [9.17, 15) is 4.79 Å². The van der Waals surface area contributed by atoms with Crippen LogP contribution in [0.5, 0.6) is 0 Å². The molecule has 172 valence electrons. The second-order valence-corrected chi connectivity index (χ2v) is 9.62. The number of nitrogens with zero attached hydrogens (tertiary/aromatic N) is 2. The molecule has 1 saturated heterocycles. The average Bonchev–Trinajstić information content (AvgIpc) is 3.19. The Bertz CT molecular complexity index is 1140. The van der Waals surface area contributed by atoms with Crippen LogP contribution in [0.1, 0.15) is 59.9 Å². The maximum Gasteiger partial charge on any atom is 0.226 e. The number of carbonyl (C=O) groups is 1. The van der Waals surface area contributed by atoms with Gasteiger partial charge < -0.3 is 9.73 Å².